The molecule has 0 heterocycles. The zero-order valence-electron chi connectivity index (χ0n) is 16.8. The van der Waals surface area contributed by atoms with E-state index in [-0.39, 0.29) is 5.91 Å². The molecule has 1 unspecified atom stereocenters. The fourth-order valence-electron chi connectivity index (χ4n) is 3.31. The van der Waals surface area contributed by atoms with Crippen LogP contribution in [0.15, 0.2) is 0 Å². The molecule has 138 valence electrons. The molecule has 0 aromatic carbocycles. The first-order chi connectivity index (χ1) is 10.8. The SMILES string of the molecule is CNC(=O)CC(C)CCC[C@H](C)CCC[C@H](C)CCCC(C)C. The first-order valence-corrected chi connectivity index (χ1v) is 10.1. The van der Waals surface area contributed by atoms with Crippen LogP contribution in [-0.2, 0) is 4.79 Å². The van der Waals surface area contributed by atoms with Crippen molar-refractivity contribution in [3.05, 3.63) is 0 Å². The molecular weight excluding hydrogens is 282 g/mol. The van der Waals surface area contributed by atoms with E-state index in [1.165, 1.54) is 57.8 Å². The summed E-state index contributed by atoms with van der Waals surface area (Å²) in [5.41, 5.74) is 0. The number of amides is 1. The molecule has 0 saturated heterocycles. The molecule has 0 fully saturated rings. The van der Waals surface area contributed by atoms with Gasteiger partial charge in [-0.2, -0.15) is 0 Å². The van der Waals surface area contributed by atoms with Gasteiger partial charge in [0, 0.05) is 13.5 Å². The average molecular weight is 326 g/mol. The Morgan fingerprint density at radius 3 is 1.48 bits per heavy atom. The van der Waals surface area contributed by atoms with Crippen molar-refractivity contribution in [2.45, 2.75) is 98.8 Å². The lowest BCUT2D eigenvalue weighted by molar-refractivity contribution is -0.121. The molecule has 0 aliphatic heterocycles. The maximum absolute atomic E-state index is 11.3. The van der Waals surface area contributed by atoms with Crippen LogP contribution >= 0.6 is 0 Å². The smallest absolute Gasteiger partial charge is 0.220 e. The minimum absolute atomic E-state index is 0.178. The van der Waals surface area contributed by atoms with Crippen molar-refractivity contribution in [1.82, 2.24) is 5.32 Å². The molecule has 0 aliphatic rings. The van der Waals surface area contributed by atoms with Gasteiger partial charge in [-0.05, 0) is 23.7 Å². The molecule has 3 atom stereocenters. The Hall–Kier alpha value is -0.530. The summed E-state index contributed by atoms with van der Waals surface area (Å²) in [6, 6.07) is 0. The highest BCUT2D eigenvalue weighted by Crippen LogP contribution is 2.22. The van der Waals surface area contributed by atoms with E-state index >= 15 is 0 Å². The minimum atomic E-state index is 0.178. The number of hydrogen-bond acceptors (Lipinski definition) is 1. The van der Waals surface area contributed by atoms with Crippen LogP contribution < -0.4 is 5.32 Å². The van der Waals surface area contributed by atoms with Crippen molar-refractivity contribution in [2.24, 2.45) is 23.7 Å². The number of nitrogens with one attached hydrogen (secondary N) is 1. The van der Waals surface area contributed by atoms with E-state index < -0.39 is 0 Å². The molecule has 0 radical (unpaired) electrons. The first-order valence-electron chi connectivity index (χ1n) is 10.1. The number of rotatable bonds is 14. The standard InChI is InChI=1S/C21H43NO/c1-17(2)10-7-11-18(3)12-8-13-19(4)14-9-15-20(5)16-21(23)22-6/h17-20H,7-16H2,1-6H3,(H,22,23)/t18-,19-,20?/m1/s1. The summed E-state index contributed by atoms with van der Waals surface area (Å²) >= 11 is 0. The predicted octanol–water partition coefficient (Wildman–Crippen LogP) is 6.20. The number of carbonyl (C=O) groups is 1. The van der Waals surface area contributed by atoms with Gasteiger partial charge < -0.3 is 5.32 Å². The maximum atomic E-state index is 11.3. The summed E-state index contributed by atoms with van der Waals surface area (Å²) in [5.74, 6) is 3.28. The Morgan fingerprint density at radius 2 is 1.09 bits per heavy atom. The lowest BCUT2D eigenvalue weighted by Crippen LogP contribution is -2.20. The Balaban J connectivity index is 3.56. The molecule has 0 aromatic rings. The van der Waals surface area contributed by atoms with E-state index in [4.69, 9.17) is 0 Å². The molecule has 0 rings (SSSR count). The van der Waals surface area contributed by atoms with E-state index in [1.54, 1.807) is 7.05 Å². The van der Waals surface area contributed by atoms with Crippen LogP contribution in [-0.4, -0.2) is 13.0 Å². The maximum Gasteiger partial charge on any atom is 0.220 e. The molecule has 0 spiro atoms. The molecule has 2 nitrogen and oxygen atoms in total. The van der Waals surface area contributed by atoms with Gasteiger partial charge in [0.15, 0.2) is 0 Å². The largest absolute Gasteiger partial charge is 0.359 e. The molecule has 2 heteroatoms. The molecule has 0 aromatic heterocycles. The highest BCUT2D eigenvalue weighted by Gasteiger charge is 2.10. The zero-order valence-corrected chi connectivity index (χ0v) is 16.8. The van der Waals surface area contributed by atoms with Gasteiger partial charge in [0.1, 0.15) is 0 Å². The second-order valence-corrected chi connectivity index (χ2v) is 8.38. The summed E-state index contributed by atoms with van der Waals surface area (Å²) in [6.45, 7) is 11.7. The van der Waals surface area contributed by atoms with Crippen molar-refractivity contribution < 1.29 is 4.79 Å². The van der Waals surface area contributed by atoms with Crippen LogP contribution in [0, 0.1) is 23.7 Å². The molecular formula is C21H43NO. The number of hydrogen-bond donors (Lipinski definition) is 1. The third-order valence-corrected chi connectivity index (χ3v) is 5.08. The van der Waals surface area contributed by atoms with Gasteiger partial charge in [0.05, 0.1) is 0 Å². The van der Waals surface area contributed by atoms with E-state index in [0.29, 0.717) is 12.3 Å². The summed E-state index contributed by atoms with van der Waals surface area (Å²) < 4.78 is 0. The van der Waals surface area contributed by atoms with Gasteiger partial charge in [0.25, 0.3) is 0 Å². The van der Waals surface area contributed by atoms with Crippen LogP contribution in [0.4, 0.5) is 0 Å². The second-order valence-electron chi connectivity index (χ2n) is 8.38. The van der Waals surface area contributed by atoms with Crippen molar-refractivity contribution >= 4 is 5.91 Å². The van der Waals surface area contributed by atoms with Crippen LogP contribution in [0.3, 0.4) is 0 Å². The molecule has 0 bridgehead atoms. The molecule has 23 heavy (non-hydrogen) atoms. The predicted molar refractivity (Wildman–Crippen MR) is 103 cm³/mol. The zero-order chi connectivity index (χ0) is 17.7. The van der Waals surface area contributed by atoms with E-state index in [1.807, 2.05) is 0 Å². The van der Waals surface area contributed by atoms with Gasteiger partial charge in [-0.15, -0.1) is 0 Å². The van der Waals surface area contributed by atoms with Crippen LogP contribution in [0.1, 0.15) is 98.8 Å². The van der Waals surface area contributed by atoms with Gasteiger partial charge in [-0.3, -0.25) is 4.79 Å². The van der Waals surface area contributed by atoms with E-state index in [2.05, 4.69) is 39.9 Å². The van der Waals surface area contributed by atoms with Crippen molar-refractivity contribution in [1.29, 1.82) is 0 Å². The molecule has 1 amide bonds. The lowest BCUT2D eigenvalue weighted by atomic mass is 9.90. The van der Waals surface area contributed by atoms with Gasteiger partial charge in [0.2, 0.25) is 5.91 Å². The Morgan fingerprint density at radius 1 is 0.696 bits per heavy atom. The number of carbonyl (C=O) groups excluding carboxylic acids is 1. The second kappa shape index (κ2) is 13.9. The summed E-state index contributed by atoms with van der Waals surface area (Å²) in [4.78, 5) is 11.3. The van der Waals surface area contributed by atoms with Gasteiger partial charge >= 0.3 is 0 Å². The van der Waals surface area contributed by atoms with Crippen molar-refractivity contribution in [3.8, 4) is 0 Å². The van der Waals surface area contributed by atoms with Crippen LogP contribution in [0.25, 0.3) is 0 Å². The quantitative estimate of drug-likeness (QED) is 0.405. The monoisotopic (exact) mass is 325 g/mol. The highest BCUT2D eigenvalue weighted by molar-refractivity contribution is 5.75. The molecule has 1 N–H and O–H groups in total. The molecule has 0 aliphatic carbocycles. The van der Waals surface area contributed by atoms with E-state index in [0.717, 1.165) is 17.8 Å². The normalized spacial score (nSPS) is 15.4. The minimum Gasteiger partial charge on any atom is -0.359 e. The lowest BCUT2D eigenvalue weighted by Gasteiger charge is -2.16. The first kappa shape index (κ1) is 22.5. The summed E-state index contributed by atoms with van der Waals surface area (Å²) in [6.07, 6.45) is 12.8. The summed E-state index contributed by atoms with van der Waals surface area (Å²) in [5, 5.41) is 2.72. The van der Waals surface area contributed by atoms with E-state index in [9.17, 15) is 4.79 Å². The van der Waals surface area contributed by atoms with Crippen molar-refractivity contribution in [3.63, 3.8) is 0 Å². The topological polar surface area (TPSA) is 29.1 Å². The van der Waals surface area contributed by atoms with Gasteiger partial charge in [-0.25, -0.2) is 0 Å². The highest BCUT2D eigenvalue weighted by atomic mass is 16.1. The van der Waals surface area contributed by atoms with Crippen molar-refractivity contribution in [2.75, 3.05) is 7.05 Å². The Kier molecular flexibility index (Phi) is 13.5. The fraction of sp³-hybridized carbons (Fsp3) is 0.952. The Labute approximate surface area is 146 Å². The summed E-state index contributed by atoms with van der Waals surface area (Å²) in [7, 11) is 1.72. The third kappa shape index (κ3) is 14.8. The fourth-order valence-corrected chi connectivity index (χ4v) is 3.31. The third-order valence-electron chi connectivity index (χ3n) is 5.08. The van der Waals surface area contributed by atoms with Gasteiger partial charge in [-0.1, -0.05) is 92.4 Å². The Bertz CT molecular complexity index is 288. The van der Waals surface area contributed by atoms with Crippen LogP contribution in [0.2, 0.25) is 0 Å². The molecule has 0 saturated carbocycles. The van der Waals surface area contributed by atoms with Crippen LogP contribution in [0.5, 0.6) is 0 Å². The average Bonchev–Trinajstić information content (AvgIpc) is 2.46.